The Labute approximate surface area is 108 Å². The second-order valence-corrected chi connectivity index (χ2v) is 6.47. The third kappa shape index (κ3) is 4.00. The molecule has 0 aliphatic carbocycles. The zero-order valence-corrected chi connectivity index (χ0v) is 11.5. The molecule has 0 amide bonds. The average molecular weight is 293 g/mol. The number of aryl methyl sites for hydroxylation is 1. The van der Waals surface area contributed by atoms with Crippen molar-refractivity contribution in [2.24, 2.45) is 5.14 Å². The summed E-state index contributed by atoms with van der Waals surface area (Å²) < 4.78 is 23.4. The second-order valence-electron chi connectivity index (χ2n) is 3.54. The summed E-state index contributed by atoms with van der Waals surface area (Å²) in [6.45, 7) is 2.36. The van der Waals surface area contributed by atoms with Gasteiger partial charge in [-0.15, -0.1) is 0 Å². The van der Waals surface area contributed by atoms with Crippen LogP contribution in [-0.4, -0.2) is 29.5 Å². The third-order valence-corrected chi connectivity index (χ3v) is 4.07. The molecule has 0 saturated carbocycles. The summed E-state index contributed by atoms with van der Waals surface area (Å²) in [5, 5.41) is 4.89. The molecule has 102 valence electrons. The van der Waals surface area contributed by atoms with E-state index in [0.29, 0.717) is 13.0 Å². The molecular weight excluding hydrogens is 278 g/mol. The molecule has 0 fully saturated rings. The maximum atomic E-state index is 11.4. The molecule has 1 rings (SSSR count). The lowest BCUT2D eigenvalue weighted by atomic mass is 10.4. The third-order valence-electron chi connectivity index (χ3n) is 2.18. The van der Waals surface area contributed by atoms with Gasteiger partial charge in [0.25, 0.3) is 5.56 Å². The van der Waals surface area contributed by atoms with Crippen LogP contribution in [0, 0.1) is 0 Å². The van der Waals surface area contributed by atoms with E-state index in [0.717, 1.165) is 22.3 Å². The number of thioether (sulfide) groups is 1. The van der Waals surface area contributed by atoms with Crippen LogP contribution in [0.3, 0.4) is 0 Å². The lowest BCUT2D eigenvalue weighted by Crippen LogP contribution is -2.34. The van der Waals surface area contributed by atoms with Crippen molar-refractivity contribution < 1.29 is 8.42 Å². The Hall–Kier alpha value is -1.06. The molecule has 0 unspecified atom stereocenters. The van der Waals surface area contributed by atoms with Crippen LogP contribution in [0.15, 0.2) is 20.7 Å². The first kappa shape index (κ1) is 15.0. The number of rotatable bonds is 6. The maximum Gasteiger partial charge on any atom is 0.328 e. The molecule has 3 N–H and O–H groups in total. The molecule has 1 aromatic rings. The number of aromatic nitrogens is 2. The fourth-order valence-corrected chi connectivity index (χ4v) is 2.54. The SMILES string of the molecule is CCSCCCn1cc(S(N)(=O)=O)c(=O)[nH]c1=O. The van der Waals surface area contributed by atoms with Crippen LogP contribution in [-0.2, 0) is 16.6 Å². The highest BCUT2D eigenvalue weighted by Gasteiger charge is 2.15. The predicted molar refractivity (Wildman–Crippen MR) is 70.3 cm³/mol. The summed E-state index contributed by atoms with van der Waals surface area (Å²) in [7, 11) is -4.12. The standard InChI is InChI=1S/C9H15N3O4S2/c1-2-17-5-3-4-12-6-7(18(10,15)16)8(13)11-9(12)14/h6H,2-5H2,1H3,(H2,10,15,16)(H,11,13,14). The summed E-state index contributed by atoms with van der Waals surface area (Å²) in [4.78, 5) is 24.1. The highest BCUT2D eigenvalue weighted by molar-refractivity contribution is 7.99. The lowest BCUT2D eigenvalue weighted by molar-refractivity contribution is 0.584. The Morgan fingerprint density at radius 3 is 2.67 bits per heavy atom. The number of primary sulfonamides is 1. The molecule has 0 aromatic carbocycles. The van der Waals surface area contributed by atoms with E-state index in [1.165, 1.54) is 0 Å². The van der Waals surface area contributed by atoms with E-state index in [2.05, 4.69) is 0 Å². The van der Waals surface area contributed by atoms with Crippen molar-refractivity contribution in [2.45, 2.75) is 24.8 Å². The zero-order valence-electron chi connectivity index (χ0n) is 9.88. The van der Waals surface area contributed by atoms with Gasteiger partial charge in [-0.1, -0.05) is 6.92 Å². The Balaban J connectivity index is 3.00. The number of hydrogen-bond acceptors (Lipinski definition) is 5. The Bertz CT molecular complexity index is 617. The molecule has 7 nitrogen and oxygen atoms in total. The number of nitrogens with zero attached hydrogens (tertiary/aromatic N) is 1. The van der Waals surface area contributed by atoms with Crippen molar-refractivity contribution >= 4 is 21.8 Å². The number of nitrogens with one attached hydrogen (secondary N) is 1. The highest BCUT2D eigenvalue weighted by Crippen LogP contribution is 2.02. The first-order valence-corrected chi connectivity index (χ1v) is 8.00. The molecule has 0 atom stereocenters. The number of sulfonamides is 1. The van der Waals surface area contributed by atoms with Gasteiger partial charge in [0, 0.05) is 12.7 Å². The van der Waals surface area contributed by atoms with Gasteiger partial charge in [0.15, 0.2) is 4.90 Å². The average Bonchev–Trinajstić information content (AvgIpc) is 2.25. The molecule has 9 heteroatoms. The van der Waals surface area contributed by atoms with Crippen LogP contribution in [0.2, 0.25) is 0 Å². The Kier molecular flexibility index (Phi) is 5.17. The smallest absolute Gasteiger partial charge is 0.299 e. The van der Waals surface area contributed by atoms with Gasteiger partial charge in [-0.2, -0.15) is 11.8 Å². The summed E-state index contributed by atoms with van der Waals surface area (Å²) >= 11 is 1.72. The van der Waals surface area contributed by atoms with E-state index in [4.69, 9.17) is 5.14 Å². The lowest BCUT2D eigenvalue weighted by Gasteiger charge is -2.06. The normalized spacial score (nSPS) is 11.7. The van der Waals surface area contributed by atoms with Crippen LogP contribution >= 0.6 is 11.8 Å². The van der Waals surface area contributed by atoms with Gasteiger partial charge >= 0.3 is 5.69 Å². The summed E-state index contributed by atoms with van der Waals surface area (Å²) in [5.74, 6) is 1.83. The fourth-order valence-electron chi connectivity index (χ4n) is 1.34. The quantitative estimate of drug-likeness (QED) is 0.675. The van der Waals surface area contributed by atoms with Gasteiger partial charge in [0.1, 0.15) is 0 Å². The Morgan fingerprint density at radius 1 is 1.44 bits per heavy atom. The van der Waals surface area contributed by atoms with Crippen LogP contribution in [0.1, 0.15) is 13.3 Å². The number of hydrogen-bond donors (Lipinski definition) is 2. The van der Waals surface area contributed by atoms with E-state index in [-0.39, 0.29) is 0 Å². The highest BCUT2D eigenvalue weighted by atomic mass is 32.2. The molecule has 0 saturated heterocycles. The van der Waals surface area contributed by atoms with Crippen molar-refractivity contribution in [1.29, 1.82) is 0 Å². The zero-order chi connectivity index (χ0) is 13.8. The minimum Gasteiger partial charge on any atom is -0.299 e. The first-order chi connectivity index (χ1) is 8.36. The molecule has 1 heterocycles. The molecule has 0 spiro atoms. The molecule has 0 bridgehead atoms. The number of H-pyrrole nitrogens is 1. The van der Waals surface area contributed by atoms with E-state index in [1.54, 1.807) is 11.8 Å². The number of nitrogens with two attached hydrogens (primary N) is 1. The van der Waals surface area contributed by atoms with Gasteiger partial charge in [-0.3, -0.25) is 14.3 Å². The maximum absolute atomic E-state index is 11.4. The Morgan fingerprint density at radius 2 is 2.11 bits per heavy atom. The van der Waals surface area contributed by atoms with Gasteiger partial charge in [0.05, 0.1) is 0 Å². The molecule has 0 radical (unpaired) electrons. The first-order valence-electron chi connectivity index (χ1n) is 5.30. The second kappa shape index (κ2) is 6.21. The molecule has 0 aliphatic heterocycles. The molecular formula is C9H15N3O4S2. The van der Waals surface area contributed by atoms with Crippen LogP contribution < -0.4 is 16.4 Å². The minimum atomic E-state index is -4.12. The van der Waals surface area contributed by atoms with E-state index < -0.39 is 26.2 Å². The summed E-state index contributed by atoms with van der Waals surface area (Å²) in [6.07, 6.45) is 1.70. The monoisotopic (exact) mass is 293 g/mol. The summed E-state index contributed by atoms with van der Waals surface area (Å²) in [5.41, 5.74) is -1.62. The van der Waals surface area contributed by atoms with Gasteiger partial charge < -0.3 is 0 Å². The topological polar surface area (TPSA) is 115 Å². The molecule has 18 heavy (non-hydrogen) atoms. The predicted octanol–water partition coefficient (Wildman–Crippen LogP) is -0.673. The van der Waals surface area contributed by atoms with Crippen molar-refractivity contribution in [2.75, 3.05) is 11.5 Å². The van der Waals surface area contributed by atoms with Crippen molar-refractivity contribution in [1.82, 2.24) is 9.55 Å². The van der Waals surface area contributed by atoms with Crippen LogP contribution in [0.4, 0.5) is 0 Å². The van der Waals surface area contributed by atoms with Gasteiger partial charge in [-0.25, -0.2) is 18.4 Å². The number of aromatic amines is 1. The van der Waals surface area contributed by atoms with Crippen LogP contribution in [0.5, 0.6) is 0 Å². The minimum absolute atomic E-state index is 0.338. The van der Waals surface area contributed by atoms with E-state index in [1.807, 2.05) is 11.9 Å². The van der Waals surface area contributed by atoms with Crippen molar-refractivity contribution in [3.8, 4) is 0 Å². The molecule has 1 aromatic heterocycles. The fraction of sp³-hybridized carbons (Fsp3) is 0.556. The van der Waals surface area contributed by atoms with Crippen molar-refractivity contribution in [3.05, 3.63) is 27.0 Å². The van der Waals surface area contributed by atoms with Gasteiger partial charge in [-0.05, 0) is 17.9 Å². The van der Waals surface area contributed by atoms with Crippen LogP contribution in [0.25, 0.3) is 0 Å². The molecule has 0 aliphatic rings. The van der Waals surface area contributed by atoms with E-state index in [9.17, 15) is 18.0 Å². The largest absolute Gasteiger partial charge is 0.328 e. The van der Waals surface area contributed by atoms with E-state index >= 15 is 0 Å². The van der Waals surface area contributed by atoms with Crippen molar-refractivity contribution in [3.63, 3.8) is 0 Å². The summed E-state index contributed by atoms with van der Waals surface area (Å²) in [6, 6.07) is 0. The van der Waals surface area contributed by atoms with Gasteiger partial charge in [0.2, 0.25) is 10.0 Å².